The highest BCUT2D eigenvalue weighted by Crippen LogP contribution is 2.50. The molecule has 0 aromatic carbocycles. The van der Waals surface area contributed by atoms with Crippen LogP contribution in [-0.2, 0) is 32.7 Å². The van der Waals surface area contributed by atoms with Crippen LogP contribution in [0.4, 0.5) is 0 Å². The summed E-state index contributed by atoms with van der Waals surface area (Å²) in [7, 11) is 1.91. The second-order valence-electron chi connectivity index (χ2n) is 6.59. The smallest absolute Gasteiger partial charge is 0.246 e. The lowest BCUT2D eigenvalue weighted by Crippen LogP contribution is -2.66. The quantitative estimate of drug-likeness (QED) is 0.804. The lowest BCUT2D eigenvalue weighted by Gasteiger charge is -2.57. The number of nitrogens with zero attached hydrogens (tertiary/aromatic N) is 2. The van der Waals surface area contributed by atoms with Gasteiger partial charge in [0.2, 0.25) is 5.91 Å². The molecular weight excluding hydrogens is 310 g/mol. The Hall–Kier alpha value is -1.44. The van der Waals surface area contributed by atoms with Crippen molar-refractivity contribution >= 4 is 5.91 Å². The Kier molecular flexibility index (Phi) is 5.53. The monoisotopic (exact) mass is 337 g/mol. The van der Waals surface area contributed by atoms with Crippen molar-refractivity contribution in [2.24, 2.45) is 12.5 Å². The van der Waals surface area contributed by atoms with Crippen LogP contribution < -0.4 is 5.32 Å². The molecule has 1 spiro atoms. The second-order valence-corrected chi connectivity index (χ2v) is 6.59. The average molecular weight is 337 g/mol. The average Bonchev–Trinajstić information content (AvgIpc) is 3.00. The molecule has 1 aliphatic heterocycles. The molecule has 1 aliphatic carbocycles. The van der Waals surface area contributed by atoms with Crippen LogP contribution in [0.25, 0.3) is 0 Å². The van der Waals surface area contributed by atoms with Gasteiger partial charge in [0.1, 0.15) is 19.0 Å². The molecule has 0 unspecified atom stereocenters. The van der Waals surface area contributed by atoms with E-state index in [1.807, 2.05) is 24.7 Å². The van der Waals surface area contributed by atoms with Gasteiger partial charge >= 0.3 is 0 Å². The molecule has 1 saturated carbocycles. The predicted molar refractivity (Wildman–Crippen MR) is 87.3 cm³/mol. The first-order valence-corrected chi connectivity index (χ1v) is 8.68. The van der Waals surface area contributed by atoms with Gasteiger partial charge in [0.25, 0.3) is 0 Å². The summed E-state index contributed by atoms with van der Waals surface area (Å²) in [6.45, 7) is 4.60. The molecule has 1 aromatic rings. The molecule has 2 aliphatic rings. The number of ether oxygens (including phenoxy) is 3. The van der Waals surface area contributed by atoms with E-state index in [0.29, 0.717) is 13.2 Å². The van der Waals surface area contributed by atoms with E-state index < -0.39 is 0 Å². The first-order valence-electron chi connectivity index (χ1n) is 8.68. The highest BCUT2D eigenvalue weighted by Gasteiger charge is 2.56. The van der Waals surface area contributed by atoms with E-state index in [-0.39, 0.29) is 30.1 Å². The van der Waals surface area contributed by atoms with Crippen molar-refractivity contribution in [2.75, 3.05) is 26.4 Å². The number of aromatic nitrogens is 2. The highest BCUT2D eigenvalue weighted by atomic mass is 16.5. The van der Waals surface area contributed by atoms with Gasteiger partial charge in [0.05, 0.1) is 6.10 Å². The zero-order valence-corrected chi connectivity index (χ0v) is 14.5. The number of carbonyl (C=O) groups is 1. The first kappa shape index (κ1) is 17.4. The van der Waals surface area contributed by atoms with Crippen molar-refractivity contribution in [2.45, 2.75) is 44.9 Å². The number of hydrogen-bond acceptors (Lipinski definition) is 5. The molecule has 7 nitrogen and oxygen atoms in total. The fourth-order valence-electron chi connectivity index (χ4n) is 3.81. The van der Waals surface area contributed by atoms with Crippen LogP contribution in [0, 0.1) is 5.41 Å². The van der Waals surface area contributed by atoms with E-state index in [4.69, 9.17) is 14.2 Å². The summed E-state index contributed by atoms with van der Waals surface area (Å²) in [6, 6.07) is 0.155. The Morgan fingerprint density at radius 1 is 1.50 bits per heavy atom. The molecule has 0 bridgehead atoms. The molecule has 2 fully saturated rings. The molecule has 1 aromatic heterocycles. The third-order valence-electron chi connectivity index (χ3n) is 5.30. The molecule has 134 valence electrons. The Bertz CT molecular complexity index is 554. The molecule has 2 heterocycles. The topological polar surface area (TPSA) is 74.6 Å². The number of imidazole rings is 1. The maximum absolute atomic E-state index is 12.2. The zero-order chi connectivity index (χ0) is 17.0. The summed E-state index contributed by atoms with van der Waals surface area (Å²) >= 11 is 0. The molecule has 0 radical (unpaired) electrons. The third-order valence-corrected chi connectivity index (χ3v) is 5.30. The van der Waals surface area contributed by atoms with E-state index >= 15 is 0 Å². The number of aryl methyl sites for hydroxylation is 1. The minimum atomic E-state index is -0.0741. The summed E-state index contributed by atoms with van der Waals surface area (Å²) in [5.74, 6) is 0.735. The van der Waals surface area contributed by atoms with Crippen molar-refractivity contribution in [1.29, 1.82) is 0 Å². The summed E-state index contributed by atoms with van der Waals surface area (Å²) in [5.41, 5.74) is 0.0313. The molecular formula is C17H27N3O4. The van der Waals surface area contributed by atoms with Gasteiger partial charge in [-0.05, 0) is 26.2 Å². The maximum atomic E-state index is 12.2. The molecule has 7 heteroatoms. The van der Waals surface area contributed by atoms with Crippen LogP contribution in [0.1, 0.15) is 32.0 Å². The van der Waals surface area contributed by atoms with Gasteiger partial charge < -0.3 is 24.1 Å². The lowest BCUT2D eigenvalue weighted by atomic mass is 9.57. The lowest BCUT2D eigenvalue weighted by molar-refractivity contribution is -0.176. The van der Waals surface area contributed by atoms with Gasteiger partial charge in [0.15, 0.2) is 0 Å². The van der Waals surface area contributed by atoms with Crippen molar-refractivity contribution in [3.63, 3.8) is 0 Å². The van der Waals surface area contributed by atoms with E-state index in [9.17, 15) is 4.79 Å². The number of nitrogens with one attached hydrogen (secondary N) is 1. The fourth-order valence-corrected chi connectivity index (χ4v) is 3.81. The van der Waals surface area contributed by atoms with E-state index in [1.54, 1.807) is 6.20 Å². The molecule has 1 amide bonds. The van der Waals surface area contributed by atoms with Gasteiger partial charge in [-0.1, -0.05) is 0 Å². The normalized spacial score (nSPS) is 25.4. The summed E-state index contributed by atoms with van der Waals surface area (Å²) < 4.78 is 18.7. The Labute approximate surface area is 142 Å². The van der Waals surface area contributed by atoms with Gasteiger partial charge in [-0.25, -0.2) is 4.98 Å². The Morgan fingerprint density at radius 3 is 2.96 bits per heavy atom. The van der Waals surface area contributed by atoms with Crippen molar-refractivity contribution in [3.8, 4) is 0 Å². The van der Waals surface area contributed by atoms with Gasteiger partial charge in [-0.2, -0.15) is 0 Å². The first-order chi connectivity index (χ1) is 11.7. The summed E-state index contributed by atoms with van der Waals surface area (Å²) in [6.07, 6.45) is 6.56. The van der Waals surface area contributed by atoms with Gasteiger partial charge in [-0.15, -0.1) is 0 Å². The van der Waals surface area contributed by atoms with Crippen molar-refractivity contribution < 1.29 is 19.0 Å². The van der Waals surface area contributed by atoms with E-state index in [2.05, 4.69) is 10.3 Å². The fraction of sp³-hybridized carbons (Fsp3) is 0.765. The minimum absolute atomic E-state index is 0.0313. The molecule has 1 saturated heterocycles. The largest absolute Gasteiger partial charge is 0.381 e. The molecule has 24 heavy (non-hydrogen) atoms. The predicted octanol–water partition coefficient (Wildman–Crippen LogP) is 1.03. The van der Waals surface area contributed by atoms with Crippen LogP contribution in [0.2, 0.25) is 0 Å². The molecule has 3 rings (SSSR count). The third kappa shape index (κ3) is 3.48. The number of carbonyl (C=O) groups excluding carboxylic acids is 1. The van der Waals surface area contributed by atoms with Crippen LogP contribution >= 0.6 is 0 Å². The Morgan fingerprint density at radius 2 is 2.29 bits per heavy atom. The maximum Gasteiger partial charge on any atom is 0.246 e. The van der Waals surface area contributed by atoms with Crippen molar-refractivity contribution in [1.82, 2.24) is 14.9 Å². The van der Waals surface area contributed by atoms with Gasteiger partial charge in [0, 0.05) is 50.7 Å². The Balaban J connectivity index is 1.47. The number of amides is 1. The van der Waals surface area contributed by atoms with Crippen LogP contribution in [0.3, 0.4) is 0 Å². The van der Waals surface area contributed by atoms with Crippen LogP contribution in [0.15, 0.2) is 12.4 Å². The SMILES string of the molecule is CCO[C@@H]1C[C@@H](NC(=O)COCc2nccn2C)C12CCOCC2. The van der Waals surface area contributed by atoms with Crippen LogP contribution in [-0.4, -0.2) is 54.0 Å². The van der Waals surface area contributed by atoms with Crippen molar-refractivity contribution in [3.05, 3.63) is 18.2 Å². The van der Waals surface area contributed by atoms with Crippen LogP contribution in [0.5, 0.6) is 0 Å². The summed E-state index contributed by atoms with van der Waals surface area (Å²) in [4.78, 5) is 16.4. The van der Waals surface area contributed by atoms with E-state index in [0.717, 1.165) is 38.3 Å². The highest BCUT2D eigenvalue weighted by molar-refractivity contribution is 5.77. The molecule has 2 atom stereocenters. The number of rotatable bonds is 7. The second kappa shape index (κ2) is 7.63. The zero-order valence-electron chi connectivity index (χ0n) is 14.5. The minimum Gasteiger partial charge on any atom is -0.381 e. The number of hydrogen-bond donors (Lipinski definition) is 1. The molecule has 1 N–H and O–H groups in total. The standard InChI is InChI=1S/C17H27N3O4/c1-3-24-14-10-13(17(14)4-8-22-9-5-17)19-16(21)12-23-11-15-18-6-7-20(15)2/h6-7,13-14H,3-5,8-12H2,1-2H3,(H,19,21)/t13-,14-/m1/s1. The van der Waals surface area contributed by atoms with Gasteiger partial charge in [-0.3, -0.25) is 4.79 Å². The summed E-state index contributed by atoms with van der Waals surface area (Å²) in [5, 5.41) is 3.13. The van der Waals surface area contributed by atoms with E-state index in [1.165, 1.54) is 0 Å².